The number of nitrogens with zero attached hydrogens (tertiary/aromatic N) is 3. The number of fused-ring (bicyclic) bond motifs is 2. The molecule has 2 saturated carbocycles. The molecule has 0 saturated heterocycles. The van der Waals surface area contributed by atoms with Crippen LogP contribution < -0.4 is 5.32 Å². The van der Waals surface area contributed by atoms with E-state index < -0.39 is 0 Å². The van der Waals surface area contributed by atoms with Gasteiger partial charge in [-0.3, -0.25) is 4.68 Å². The Morgan fingerprint density at radius 2 is 2.20 bits per heavy atom. The van der Waals surface area contributed by atoms with Gasteiger partial charge < -0.3 is 5.32 Å². The zero-order valence-electron chi connectivity index (χ0n) is 13.3. The molecule has 1 aromatic heterocycles. The van der Waals surface area contributed by atoms with Crippen molar-refractivity contribution in [2.75, 3.05) is 6.54 Å². The molecule has 4 heteroatoms. The van der Waals surface area contributed by atoms with E-state index in [0.717, 1.165) is 30.6 Å². The fourth-order valence-corrected chi connectivity index (χ4v) is 4.29. The van der Waals surface area contributed by atoms with Gasteiger partial charge in [0.15, 0.2) is 0 Å². The van der Waals surface area contributed by atoms with Gasteiger partial charge in [0.25, 0.3) is 0 Å². The first-order chi connectivity index (χ1) is 9.38. The molecule has 0 radical (unpaired) electrons. The van der Waals surface area contributed by atoms with E-state index in [0.29, 0.717) is 5.41 Å². The molecule has 112 valence electrons. The van der Waals surface area contributed by atoms with Gasteiger partial charge in [-0.1, -0.05) is 6.42 Å². The van der Waals surface area contributed by atoms with Gasteiger partial charge in [-0.25, -0.2) is 4.98 Å². The standard InChI is InChI=1S/C16H28N4/c1-15(2,3)18-10-16(8-12-5-6-13(16)7-12)9-14-17-11-19-20(14)4/h11-13,18H,5-10H2,1-4H3. The Hall–Kier alpha value is -0.900. The van der Waals surface area contributed by atoms with Gasteiger partial charge in [0.2, 0.25) is 0 Å². The Bertz CT molecular complexity index is 473. The minimum atomic E-state index is 0.189. The molecule has 1 heterocycles. The maximum absolute atomic E-state index is 4.48. The van der Waals surface area contributed by atoms with Crippen molar-refractivity contribution in [3.05, 3.63) is 12.2 Å². The number of aryl methyl sites for hydroxylation is 1. The Balaban J connectivity index is 1.79. The smallest absolute Gasteiger partial charge is 0.138 e. The Morgan fingerprint density at radius 3 is 2.70 bits per heavy atom. The van der Waals surface area contributed by atoms with Crippen molar-refractivity contribution in [1.29, 1.82) is 0 Å². The fraction of sp³-hybridized carbons (Fsp3) is 0.875. The quantitative estimate of drug-likeness (QED) is 0.919. The van der Waals surface area contributed by atoms with Crippen LogP contribution in [-0.2, 0) is 13.5 Å². The molecule has 3 unspecified atom stereocenters. The SMILES string of the molecule is Cn1ncnc1CC1(CNC(C)(C)C)CC2CCC1C2. The number of hydrogen-bond donors (Lipinski definition) is 1. The van der Waals surface area contributed by atoms with Crippen molar-refractivity contribution in [3.8, 4) is 0 Å². The molecule has 0 aliphatic heterocycles. The second kappa shape index (κ2) is 4.83. The van der Waals surface area contributed by atoms with Gasteiger partial charge >= 0.3 is 0 Å². The molecule has 2 aliphatic carbocycles. The van der Waals surface area contributed by atoms with E-state index in [9.17, 15) is 0 Å². The number of aromatic nitrogens is 3. The summed E-state index contributed by atoms with van der Waals surface area (Å²) < 4.78 is 1.95. The van der Waals surface area contributed by atoms with Crippen molar-refractivity contribution in [2.45, 2.75) is 58.4 Å². The molecule has 4 nitrogen and oxygen atoms in total. The molecule has 1 N–H and O–H groups in total. The monoisotopic (exact) mass is 276 g/mol. The summed E-state index contributed by atoms with van der Waals surface area (Å²) in [5, 5.41) is 8.01. The Kier molecular flexibility index (Phi) is 3.39. The number of rotatable bonds is 4. The van der Waals surface area contributed by atoms with Crippen LogP contribution in [0.3, 0.4) is 0 Å². The van der Waals surface area contributed by atoms with Crippen LogP contribution >= 0.6 is 0 Å². The van der Waals surface area contributed by atoms with Crippen molar-refractivity contribution in [1.82, 2.24) is 20.1 Å². The van der Waals surface area contributed by atoms with Crippen LogP contribution in [0.25, 0.3) is 0 Å². The zero-order valence-corrected chi connectivity index (χ0v) is 13.3. The summed E-state index contributed by atoms with van der Waals surface area (Å²) >= 11 is 0. The normalized spacial score (nSPS) is 33.0. The van der Waals surface area contributed by atoms with E-state index >= 15 is 0 Å². The molecular weight excluding hydrogens is 248 g/mol. The van der Waals surface area contributed by atoms with Gasteiger partial charge in [-0.15, -0.1) is 0 Å². The van der Waals surface area contributed by atoms with E-state index in [4.69, 9.17) is 0 Å². The second-order valence-electron chi connectivity index (χ2n) is 8.02. The average molecular weight is 276 g/mol. The topological polar surface area (TPSA) is 42.7 Å². The highest BCUT2D eigenvalue weighted by atomic mass is 15.3. The lowest BCUT2D eigenvalue weighted by molar-refractivity contribution is 0.138. The van der Waals surface area contributed by atoms with Gasteiger partial charge in [0.1, 0.15) is 12.2 Å². The molecular formula is C16H28N4. The van der Waals surface area contributed by atoms with Crippen LogP contribution in [0.5, 0.6) is 0 Å². The van der Waals surface area contributed by atoms with Gasteiger partial charge in [-0.2, -0.15) is 5.10 Å². The average Bonchev–Trinajstić information content (AvgIpc) is 3.04. The van der Waals surface area contributed by atoms with E-state index in [-0.39, 0.29) is 5.54 Å². The molecule has 20 heavy (non-hydrogen) atoms. The van der Waals surface area contributed by atoms with E-state index in [1.54, 1.807) is 6.33 Å². The maximum atomic E-state index is 4.48. The lowest BCUT2D eigenvalue weighted by Crippen LogP contribution is -2.47. The Labute approximate surface area is 122 Å². The summed E-state index contributed by atoms with van der Waals surface area (Å²) in [6, 6.07) is 0. The highest BCUT2D eigenvalue weighted by Gasteiger charge is 2.51. The molecule has 0 spiro atoms. The van der Waals surface area contributed by atoms with Crippen LogP contribution in [0.1, 0.15) is 52.3 Å². The third kappa shape index (κ3) is 2.62. The van der Waals surface area contributed by atoms with Gasteiger partial charge in [-0.05, 0) is 57.3 Å². The van der Waals surface area contributed by atoms with Crippen LogP contribution in [0.2, 0.25) is 0 Å². The first kappa shape index (κ1) is 14.1. The molecule has 2 bridgehead atoms. The minimum Gasteiger partial charge on any atom is -0.311 e. The minimum absolute atomic E-state index is 0.189. The highest BCUT2D eigenvalue weighted by molar-refractivity contribution is 5.06. The molecule has 2 fully saturated rings. The predicted molar refractivity (Wildman–Crippen MR) is 80.3 cm³/mol. The maximum Gasteiger partial charge on any atom is 0.138 e. The molecule has 1 aromatic rings. The van der Waals surface area contributed by atoms with Crippen molar-refractivity contribution in [3.63, 3.8) is 0 Å². The first-order valence-electron chi connectivity index (χ1n) is 7.96. The summed E-state index contributed by atoms with van der Waals surface area (Å²) in [6.45, 7) is 7.90. The summed E-state index contributed by atoms with van der Waals surface area (Å²) in [5.74, 6) is 2.97. The van der Waals surface area contributed by atoms with Crippen LogP contribution in [0.15, 0.2) is 6.33 Å². The summed E-state index contributed by atoms with van der Waals surface area (Å²) in [7, 11) is 2.01. The van der Waals surface area contributed by atoms with E-state index in [1.165, 1.54) is 25.7 Å². The zero-order chi connectivity index (χ0) is 14.4. The molecule has 0 aromatic carbocycles. The largest absolute Gasteiger partial charge is 0.311 e. The number of nitrogens with one attached hydrogen (secondary N) is 1. The van der Waals surface area contributed by atoms with Crippen LogP contribution in [-0.4, -0.2) is 26.8 Å². The van der Waals surface area contributed by atoms with Crippen molar-refractivity contribution >= 4 is 0 Å². The third-order valence-corrected chi connectivity index (χ3v) is 5.39. The van der Waals surface area contributed by atoms with Crippen LogP contribution in [0.4, 0.5) is 0 Å². The first-order valence-corrected chi connectivity index (χ1v) is 7.96. The lowest BCUT2D eigenvalue weighted by Gasteiger charge is -2.40. The highest BCUT2D eigenvalue weighted by Crippen LogP contribution is 2.57. The van der Waals surface area contributed by atoms with Gasteiger partial charge in [0, 0.05) is 25.6 Å². The third-order valence-electron chi connectivity index (χ3n) is 5.39. The molecule has 3 atom stereocenters. The van der Waals surface area contributed by atoms with Crippen molar-refractivity contribution in [2.24, 2.45) is 24.3 Å². The molecule has 2 aliphatic rings. The second-order valence-corrected chi connectivity index (χ2v) is 8.02. The number of hydrogen-bond acceptors (Lipinski definition) is 3. The molecule has 0 amide bonds. The van der Waals surface area contributed by atoms with E-state index in [1.807, 2.05) is 11.7 Å². The summed E-state index contributed by atoms with van der Waals surface area (Å²) in [5.41, 5.74) is 0.589. The summed E-state index contributed by atoms with van der Waals surface area (Å²) in [4.78, 5) is 4.48. The Morgan fingerprint density at radius 1 is 1.40 bits per heavy atom. The van der Waals surface area contributed by atoms with Gasteiger partial charge in [0.05, 0.1) is 0 Å². The fourth-order valence-electron chi connectivity index (χ4n) is 4.29. The lowest BCUT2D eigenvalue weighted by atomic mass is 9.70. The summed E-state index contributed by atoms with van der Waals surface area (Å²) in [6.07, 6.45) is 8.42. The van der Waals surface area contributed by atoms with Crippen LogP contribution in [0, 0.1) is 17.3 Å². The van der Waals surface area contributed by atoms with E-state index in [2.05, 4.69) is 36.2 Å². The molecule has 3 rings (SSSR count). The predicted octanol–water partition coefficient (Wildman–Crippen LogP) is 2.55. The van der Waals surface area contributed by atoms with Crippen molar-refractivity contribution < 1.29 is 0 Å².